The first-order chi connectivity index (χ1) is 15.9. The van der Waals surface area contributed by atoms with Crippen molar-refractivity contribution in [2.75, 3.05) is 5.75 Å². The summed E-state index contributed by atoms with van der Waals surface area (Å²) in [5, 5.41) is 4.38. The molecule has 0 radical (unpaired) electrons. The van der Waals surface area contributed by atoms with Crippen LogP contribution >= 0.6 is 35.0 Å². The molecule has 0 saturated heterocycles. The van der Waals surface area contributed by atoms with Gasteiger partial charge in [0.2, 0.25) is 11.8 Å². The van der Waals surface area contributed by atoms with Gasteiger partial charge in [0, 0.05) is 28.4 Å². The molecule has 0 heterocycles. The third kappa shape index (κ3) is 7.40. The van der Waals surface area contributed by atoms with E-state index in [9.17, 15) is 9.59 Å². The predicted octanol–water partition coefficient (Wildman–Crippen LogP) is 6.40. The van der Waals surface area contributed by atoms with Crippen molar-refractivity contribution >= 4 is 46.8 Å². The van der Waals surface area contributed by atoms with Crippen LogP contribution in [0.5, 0.6) is 0 Å². The third-order valence-corrected chi connectivity index (χ3v) is 7.71. The van der Waals surface area contributed by atoms with Crippen molar-refractivity contribution in [3.05, 3.63) is 69.2 Å². The number of carbonyl (C=O) groups is 2. The Morgan fingerprint density at radius 1 is 1.12 bits per heavy atom. The lowest BCUT2D eigenvalue weighted by Crippen LogP contribution is -2.51. The van der Waals surface area contributed by atoms with E-state index >= 15 is 0 Å². The standard InChI is InChI=1S/C26H32Cl2N2O2S/c1-3-24(26(32)29-20-10-4-5-11-20)30(15-19-9-6-8-18(2)14-19)25(31)17-33-16-21-22(27)12-7-13-23(21)28/h6-9,12-14,20,24H,3-5,10-11,15-17H2,1-2H3,(H,29,32). The molecule has 3 rings (SSSR count). The van der Waals surface area contributed by atoms with Crippen LogP contribution in [-0.2, 0) is 21.9 Å². The van der Waals surface area contributed by atoms with Gasteiger partial charge < -0.3 is 10.2 Å². The maximum atomic E-state index is 13.4. The molecule has 2 aromatic rings. The van der Waals surface area contributed by atoms with Gasteiger partial charge in [0.15, 0.2) is 0 Å². The number of hydrogen-bond donors (Lipinski definition) is 1. The van der Waals surface area contributed by atoms with Crippen molar-refractivity contribution in [3.8, 4) is 0 Å². The maximum absolute atomic E-state index is 13.4. The Morgan fingerprint density at radius 3 is 2.42 bits per heavy atom. The van der Waals surface area contributed by atoms with Crippen LogP contribution in [0.25, 0.3) is 0 Å². The van der Waals surface area contributed by atoms with E-state index in [0.29, 0.717) is 28.8 Å². The molecule has 1 aliphatic carbocycles. The summed E-state index contributed by atoms with van der Waals surface area (Å²) in [5.74, 6) is 0.677. The van der Waals surface area contributed by atoms with Crippen molar-refractivity contribution in [3.63, 3.8) is 0 Å². The minimum Gasteiger partial charge on any atom is -0.352 e. The van der Waals surface area contributed by atoms with Gasteiger partial charge >= 0.3 is 0 Å². The predicted molar refractivity (Wildman–Crippen MR) is 139 cm³/mol. The van der Waals surface area contributed by atoms with E-state index in [-0.39, 0.29) is 23.6 Å². The molecule has 1 aliphatic rings. The molecule has 1 fully saturated rings. The molecule has 178 valence electrons. The zero-order valence-electron chi connectivity index (χ0n) is 19.3. The highest BCUT2D eigenvalue weighted by Crippen LogP contribution is 2.28. The number of halogens is 2. The fourth-order valence-electron chi connectivity index (χ4n) is 4.29. The molecule has 1 N–H and O–H groups in total. The van der Waals surface area contributed by atoms with E-state index in [2.05, 4.69) is 11.4 Å². The van der Waals surface area contributed by atoms with Gasteiger partial charge in [-0.15, -0.1) is 11.8 Å². The first-order valence-corrected chi connectivity index (χ1v) is 13.5. The Labute approximate surface area is 211 Å². The summed E-state index contributed by atoms with van der Waals surface area (Å²) in [6.07, 6.45) is 4.89. The molecule has 1 unspecified atom stereocenters. The maximum Gasteiger partial charge on any atom is 0.243 e. The number of benzene rings is 2. The van der Waals surface area contributed by atoms with E-state index in [1.54, 1.807) is 17.0 Å². The average Bonchev–Trinajstić information content (AvgIpc) is 3.28. The molecular weight excluding hydrogens is 475 g/mol. The lowest BCUT2D eigenvalue weighted by molar-refractivity contribution is -0.139. The van der Waals surface area contributed by atoms with Crippen molar-refractivity contribution < 1.29 is 9.59 Å². The van der Waals surface area contributed by atoms with Crippen LogP contribution in [0.3, 0.4) is 0 Å². The summed E-state index contributed by atoms with van der Waals surface area (Å²) in [6.45, 7) is 4.40. The molecule has 2 amide bonds. The number of nitrogens with zero attached hydrogens (tertiary/aromatic N) is 1. The van der Waals surface area contributed by atoms with Crippen molar-refractivity contribution in [1.82, 2.24) is 10.2 Å². The summed E-state index contributed by atoms with van der Waals surface area (Å²) in [7, 11) is 0. The van der Waals surface area contributed by atoms with E-state index in [0.717, 1.165) is 42.4 Å². The van der Waals surface area contributed by atoms with Crippen LogP contribution in [0.2, 0.25) is 10.0 Å². The first kappa shape index (κ1) is 25.9. The second kappa shape index (κ2) is 12.7. The summed E-state index contributed by atoms with van der Waals surface area (Å²) in [4.78, 5) is 28.3. The molecule has 7 heteroatoms. The Morgan fingerprint density at radius 2 is 1.79 bits per heavy atom. The van der Waals surface area contributed by atoms with E-state index < -0.39 is 6.04 Å². The highest BCUT2D eigenvalue weighted by Gasteiger charge is 2.30. The second-order valence-electron chi connectivity index (χ2n) is 8.62. The number of aryl methyl sites for hydroxylation is 1. The van der Waals surface area contributed by atoms with Gasteiger partial charge in [-0.2, -0.15) is 0 Å². The first-order valence-electron chi connectivity index (χ1n) is 11.5. The smallest absolute Gasteiger partial charge is 0.243 e. The molecule has 0 spiro atoms. The van der Waals surface area contributed by atoms with Gasteiger partial charge in [-0.3, -0.25) is 9.59 Å². The quantitative estimate of drug-likeness (QED) is 0.405. The largest absolute Gasteiger partial charge is 0.352 e. The Balaban J connectivity index is 1.73. The van der Waals surface area contributed by atoms with Crippen molar-refractivity contribution in [2.24, 2.45) is 0 Å². The number of nitrogens with one attached hydrogen (secondary N) is 1. The summed E-state index contributed by atoms with van der Waals surface area (Å²) >= 11 is 14.0. The number of rotatable bonds is 10. The van der Waals surface area contributed by atoms with Gasteiger partial charge in [-0.25, -0.2) is 0 Å². The van der Waals surface area contributed by atoms with E-state index in [1.807, 2.05) is 38.1 Å². The fourth-order valence-corrected chi connectivity index (χ4v) is 5.93. The van der Waals surface area contributed by atoms with Gasteiger partial charge in [0.25, 0.3) is 0 Å². The van der Waals surface area contributed by atoms with Gasteiger partial charge in [0.1, 0.15) is 6.04 Å². The number of hydrogen-bond acceptors (Lipinski definition) is 3. The second-order valence-corrected chi connectivity index (χ2v) is 10.4. The monoisotopic (exact) mass is 506 g/mol. The summed E-state index contributed by atoms with van der Waals surface area (Å²) in [6, 6.07) is 13.2. The minimum atomic E-state index is -0.497. The molecule has 2 aromatic carbocycles. The van der Waals surface area contributed by atoms with Crippen LogP contribution in [0, 0.1) is 6.92 Å². The molecular formula is C26H32Cl2N2O2S. The highest BCUT2D eigenvalue weighted by atomic mass is 35.5. The van der Waals surface area contributed by atoms with E-state index in [1.165, 1.54) is 11.8 Å². The minimum absolute atomic E-state index is 0.0513. The van der Waals surface area contributed by atoms with Gasteiger partial charge in [0.05, 0.1) is 5.75 Å². The molecule has 1 saturated carbocycles. The van der Waals surface area contributed by atoms with Crippen molar-refractivity contribution in [2.45, 2.75) is 70.3 Å². The Hall–Kier alpha value is -1.69. The number of carbonyl (C=O) groups excluding carboxylic acids is 2. The zero-order valence-corrected chi connectivity index (χ0v) is 21.6. The van der Waals surface area contributed by atoms with Crippen LogP contribution < -0.4 is 5.32 Å². The third-order valence-electron chi connectivity index (χ3n) is 6.06. The Kier molecular flexibility index (Phi) is 9.96. The molecule has 0 aliphatic heterocycles. The van der Waals surface area contributed by atoms with E-state index in [4.69, 9.17) is 23.2 Å². The summed E-state index contributed by atoms with van der Waals surface area (Å²) in [5.41, 5.74) is 2.98. The molecule has 0 aromatic heterocycles. The highest BCUT2D eigenvalue weighted by molar-refractivity contribution is 7.99. The Bertz CT molecular complexity index is 943. The molecule has 0 bridgehead atoms. The molecule has 4 nitrogen and oxygen atoms in total. The number of thioether (sulfide) groups is 1. The fraction of sp³-hybridized carbons (Fsp3) is 0.462. The van der Waals surface area contributed by atoms with Crippen LogP contribution in [0.4, 0.5) is 0 Å². The lowest BCUT2D eigenvalue weighted by atomic mass is 10.1. The van der Waals surface area contributed by atoms with Crippen LogP contribution in [0.1, 0.15) is 55.7 Å². The normalized spacial score (nSPS) is 14.8. The topological polar surface area (TPSA) is 49.4 Å². The number of amides is 2. The molecule has 1 atom stereocenters. The van der Waals surface area contributed by atoms with Crippen LogP contribution in [0.15, 0.2) is 42.5 Å². The van der Waals surface area contributed by atoms with Crippen molar-refractivity contribution in [1.29, 1.82) is 0 Å². The average molecular weight is 508 g/mol. The summed E-state index contributed by atoms with van der Waals surface area (Å²) < 4.78 is 0. The zero-order chi connectivity index (χ0) is 23.8. The lowest BCUT2D eigenvalue weighted by Gasteiger charge is -2.31. The van der Waals surface area contributed by atoms with Gasteiger partial charge in [-0.1, -0.05) is 78.9 Å². The SMILES string of the molecule is CCC(C(=O)NC1CCCC1)N(Cc1cccc(C)c1)C(=O)CSCc1c(Cl)cccc1Cl. The van der Waals surface area contributed by atoms with Gasteiger partial charge in [-0.05, 0) is 49.4 Å². The molecule has 33 heavy (non-hydrogen) atoms. The van der Waals surface area contributed by atoms with Crippen LogP contribution in [-0.4, -0.2) is 34.6 Å².